The maximum Gasteiger partial charge on any atom is 0.273 e. The molecular weight excluding hydrogens is 352 g/mol. The molecule has 1 aliphatic heterocycles. The second kappa shape index (κ2) is 5.88. The molecule has 0 spiro atoms. The van der Waals surface area contributed by atoms with Crippen LogP contribution in [0.5, 0.6) is 0 Å². The SMILES string of the molecule is CS(=O)(=O)c1ccc(-c2ccc(/C=C3/NC(=S)NC3=O)s2)cc1. The van der Waals surface area contributed by atoms with E-state index in [1.54, 1.807) is 30.3 Å². The van der Waals surface area contributed by atoms with Crippen molar-refractivity contribution < 1.29 is 13.2 Å². The fraction of sp³-hybridized carbons (Fsp3) is 0.0667. The Labute approximate surface area is 143 Å². The van der Waals surface area contributed by atoms with E-state index >= 15 is 0 Å². The van der Waals surface area contributed by atoms with Gasteiger partial charge in [0.25, 0.3) is 5.91 Å². The summed E-state index contributed by atoms with van der Waals surface area (Å²) < 4.78 is 22.9. The smallest absolute Gasteiger partial charge is 0.273 e. The number of hydrogen-bond donors (Lipinski definition) is 2. The molecule has 1 amide bonds. The average molecular weight is 364 g/mol. The molecule has 118 valence electrons. The highest BCUT2D eigenvalue weighted by molar-refractivity contribution is 7.90. The largest absolute Gasteiger partial charge is 0.328 e. The fourth-order valence-electron chi connectivity index (χ4n) is 2.08. The average Bonchev–Trinajstić information content (AvgIpc) is 3.06. The number of carbonyl (C=O) groups excluding carboxylic acids is 1. The van der Waals surface area contributed by atoms with Gasteiger partial charge in [0.15, 0.2) is 14.9 Å². The van der Waals surface area contributed by atoms with Crippen molar-refractivity contribution in [2.75, 3.05) is 6.26 Å². The highest BCUT2D eigenvalue weighted by Gasteiger charge is 2.20. The van der Waals surface area contributed by atoms with E-state index in [4.69, 9.17) is 12.2 Å². The Morgan fingerprint density at radius 1 is 1.09 bits per heavy atom. The number of amides is 1. The summed E-state index contributed by atoms with van der Waals surface area (Å²) in [6.07, 6.45) is 2.91. The quantitative estimate of drug-likeness (QED) is 0.645. The van der Waals surface area contributed by atoms with Crippen LogP contribution in [-0.4, -0.2) is 25.7 Å². The summed E-state index contributed by atoms with van der Waals surface area (Å²) in [6, 6.07) is 10.6. The number of nitrogens with one attached hydrogen (secondary N) is 2. The Kier molecular flexibility index (Phi) is 4.05. The van der Waals surface area contributed by atoms with Crippen molar-refractivity contribution >= 4 is 50.5 Å². The maximum absolute atomic E-state index is 11.6. The maximum atomic E-state index is 11.6. The molecule has 23 heavy (non-hydrogen) atoms. The van der Waals surface area contributed by atoms with Crippen molar-refractivity contribution in [1.82, 2.24) is 10.6 Å². The molecule has 0 saturated carbocycles. The minimum absolute atomic E-state index is 0.248. The minimum Gasteiger partial charge on any atom is -0.328 e. The zero-order valence-corrected chi connectivity index (χ0v) is 14.4. The van der Waals surface area contributed by atoms with E-state index in [1.807, 2.05) is 12.1 Å². The molecule has 2 N–H and O–H groups in total. The van der Waals surface area contributed by atoms with Gasteiger partial charge in [-0.25, -0.2) is 8.42 Å². The molecule has 2 aromatic rings. The molecule has 3 rings (SSSR count). The van der Waals surface area contributed by atoms with Crippen LogP contribution in [0.4, 0.5) is 0 Å². The molecular formula is C15H12N2O3S3. The van der Waals surface area contributed by atoms with Crippen LogP contribution >= 0.6 is 23.6 Å². The Bertz CT molecular complexity index is 925. The van der Waals surface area contributed by atoms with Gasteiger partial charge >= 0.3 is 0 Å². The van der Waals surface area contributed by atoms with Gasteiger partial charge in [0.2, 0.25) is 0 Å². The lowest BCUT2D eigenvalue weighted by molar-refractivity contribution is -0.115. The first kappa shape index (κ1) is 15.9. The highest BCUT2D eigenvalue weighted by atomic mass is 32.2. The second-order valence-electron chi connectivity index (χ2n) is 4.96. The van der Waals surface area contributed by atoms with Crippen LogP contribution in [0.2, 0.25) is 0 Å². The van der Waals surface area contributed by atoms with E-state index in [-0.39, 0.29) is 5.91 Å². The lowest BCUT2D eigenvalue weighted by Gasteiger charge is -2.00. The van der Waals surface area contributed by atoms with Gasteiger partial charge < -0.3 is 5.32 Å². The van der Waals surface area contributed by atoms with Crippen LogP contribution in [0.15, 0.2) is 47.0 Å². The Hall–Kier alpha value is -2.03. The summed E-state index contributed by atoms with van der Waals surface area (Å²) in [4.78, 5) is 13.8. The molecule has 0 atom stereocenters. The van der Waals surface area contributed by atoms with Gasteiger partial charge in [0, 0.05) is 16.0 Å². The van der Waals surface area contributed by atoms with Crippen molar-refractivity contribution in [3.05, 3.63) is 47.0 Å². The predicted molar refractivity (Wildman–Crippen MR) is 94.7 cm³/mol. The van der Waals surface area contributed by atoms with E-state index in [0.717, 1.165) is 15.3 Å². The molecule has 1 saturated heterocycles. The number of sulfone groups is 1. The molecule has 1 aliphatic rings. The number of thiocarbonyl (C=S) groups is 1. The summed E-state index contributed by atoms with van der Waals surface area (Å²) in [6.45, 7) is 0. The molecule has 5 nitrogen and oxygen atoms in total. The van der Waals surface area contributed by atoms with Gasteiger partial charge in [-0.3, -0.25) is 10.1 Å². The van der Waals surface area contributed by atoms with Gasteiger partial charge in [0.05, 0.1) is 4.90 Å². The fourth-order valence-corrected chi connectivity index (χ4v) is 3.87. The van der Waals surface area contributed by atoms with Crippen LogP contribution in [0.1, 0.15) is 4.88 Å². The van der Waals surface area contributed by atoms with Crippen LogP contribution in [0.3, 0.4) is 0 Å². The topological polar surface area (TPSA) is 75.3 Å². The highest BCUT2D eigenvalue weighted by Crippen LogP contribution is 2.30. The van der Waals surface area contributed by atoms with Crippen molar-refractivity contribution in [2.45, 2.75) is 4.90 Å². The molecule has 2 heterocycles. The number of rotatable bonds is 3. The van der Waals surface area contributed by atoms with Crippen molar-refractivity contribution in [1.29, 1.82) is 0 Å². The third-order valence-electron chi connectivity index (χ3n) is 3.20. The summed E-state index contributed by atoms with van der Waals surface area (Å²) in [5, 5.41) is 5.60. The second-order valence-corrected chi connectivity index (χ2v) is 8.50. The normalized spacial score (nSPS) is 16.5. The third-order valence-corrected chi connectivity index (χ3v) is 5.61. The summed E-state index contributed by atoms with van der Waals surface area (Å²) in [7, 11) is -3.19. The van der Waals surface area contributed by atoms with E-state index in [1.165, 1.54) is 17.6 Å². The monoisotopic (exact) mass is 364 g/mol. The molecule has 1 aromatic heterocycles. The third kappa shape index (κ3) is 3.49. The van der Waals surface area contributed by atoms with Gasteiger partial charge in [-0.2, -0.15) is 0 Å². The number of benzene rings is 1. The molecule has 1 aromatic carbocycles. The van der Waals surface area contributed by atoms with Crippen LogP contribution in [-0.2, 0) is 14.6 Å². The number of carbonyl (C=O) groups is 1. The first-order valence-electron chi connectivity index (χ1n) is 6.57. The first-order valence-corrected chi connectivity index (χ1v) is 9.69. The molecule has 1 fully saturated rings. The molecule has 0 aliphatic carbocycles. The van der Waals surface area contributed by atoms with E-state index < -0.39 is 9.84 Å². The summed E-state index contributed by atoms with van der Waals surface area (Å²) in [5.74, 6) is -0.248. The van der Waals surface area contributed by atoms with Gasteiger partial charge in [-0.1, -0.05) is 12.1 Å². The van der Waals surface area contributed by atoms with E-state index in [9.17, 15) is 13.2 Å². The van der Waals surface area contributed by atoms with Crippen molar-refractivity contribution in [3.8, 4) is 10.4 Å². The van der Waals surface area contributed by atoms with E-state index in [0.29, 0.717) is 15.7 Å². The summed E-state index contributed by atoms with van der Waals surface area (Å²) >= 11 is 6.38. The van der Waals surface area contributed by atoms with Gasteiger partial charge in [0.1, 0.15) is 5.70 Å². The van der Waals surface area contributed by atoms with Crippen LogP contribution in [0, 0.1) is 0 Å². The lowest BCUT2D eigenvalue weighted by atomic mass is 10.2. The number of hydrogen-bond acceptors (Lipinski definition) is 5. The Morgan fingerprint density at radius 3 is 2.35 bits per heavy atom. The minimum atomic E-state index is -3.19. The Morgan fingerprint density at radius 2 is 1.78 bits per heavy atom. The van der Waals surface area contributed by atoms with E-state index in [2.05, 4.69) is 10.6 Å². The summed E-state index contributed by atoms with van der Waals surface area (Å²) in [5.41, 5.74) is 1.34. The predicted octanol–water partition coefficient (Wildman–Crippen LogP) is 2.16. The van der Waals surface area contributed by atoms with Crippen molar-refractivity contribution in [3.63, 3.8) is 0 Å². The molecule has 8 heteroatoms. The van der Waals surface area contributed by atoms with Gasteiger partial charge in [-0.15, -0.1) is 11.3 Å². The molecule has 0 bridgehead atoms. The van der Waals surface area contributed by atoms with Gasteiger partial charge in [-0.05, 0) is 48.1 Å². The zero-order chi connectivity index (χ0) is 16.6. The molecule has 0 unspecified atom stereocenters. The Balaban J connectivity index is 1.86. The standard InChI is InChI=1S/C15H12N2O3S3/c1-23(19,20)11-5-2-9(3-6-11)13-7-4-10(22-13)8-12-14(18)17-15(21)16-12/h2-8H,1H3,(H2,16,17,18,21)/b12-8+. The van der Waals surface area contributed by atoms with Crippen molar-refractivity contribution in [2.24, 2.45) is 0 Å². The zero-order valence-electron chi connectivity index (χ0n) is 12.0. The number of thiophene rings is 1. The molecule has 0 radical (unpaired) electrons. The lowest BCUT2D eigenvalue weighted by Crippen LogP contribution is -2.21. The van der Waals surface area contributed by atoms with Crippen LogP contribution < -0.4 is 10.6 Å². The van der Waals surface area contributed by atoms with Crippen LogP contribution in [0.25, 0.3) is 16.5 Å². The first-order chi connectivity index (χ1) is 10.8.